The van der Waals surface area contributed by atoms with Crippen molar-refractivity contribution in [1.29, 1.82) is 0 Å². The van der Waals surface area contributed by atoms with E-state index in [1.54, 1.807) is 6.07 Å². The predicted molar refractivity (Wildman–Crippen MR) is 87.1 cm³/mol. The van der Waals surface area contributed by atoms with Crippen LogP contribution in [0.4, 0.5) is 5.69 Å². The van der Waals surface area contributed by atoms with Crippen LogP contribution in [-0.4, -0.2) is 11.0 Å². The maximum Gasteiger partial charge on any atom is 0.229 e. The molecular weight excluding hydrogens is 292 g/mol. The summed E-state index contributed by atoms with van der Waals surface area (Å²) in [5, 5.41) is 6.87. The van der Waals surface area contributed by atoms with Crippen LogP contribution >= 0.6 is 23.8 Å². The molecule has 0 saturated heterocycles. The number of hydrogen-bond donors (Lipinski definition) is 2. The molecule has 0 radical (unpaired) electrons. The fourth-order valence-electron chi connectivity index (χ4n) is 2.50. The van der Waals surface area contributed by atoms with Crippen LogP contribution < -0.4 is 10.6 Å². The SMILES string of the molecule is Cc1cc(Cl)ccc1NC(=S)NC(=O)C1CCCCC1. The van der Waals surface area contributed by atoms with E-state index in [0.29, 0.717) is 10.1 Å². The number of nitrogens with one attached hydrogen (secondary N) is 2. The minimum atomic E-state index is 0.0359. The van der Waals surface area contributed by atoms with Gasteiger partial charge >= 0.3 is 0 Å². The van der Waals surface area contributed by atoms with Gasteiger partial charge in [-0.05, 0) is 55.7 Å². The largest absolute Gasteiger partial charge is 0.332 e. The topological polar surface area (TPSA) is 41.1 Å². The molecule has 0 unspecified atom stereocenters. The lowest BCUT2D eigenvalue weighted by Crippen LogP contribution is -2.39. The highest BCUT2D eigenvalue weighted by molar-refractivity contribution is 7.80. The number of anilines is 1. The van der Waals surface area contributed by atoms with Crippen LogP contribution in [0.3, 0.4) is 0 Å². The second-order valence-electron chi connectivity index (χ2n) is 5.24. The Hall–Kier alpha value is -1.13. The minimum Gasteiger partial charge on any atom is -0.332 e. The molecule has 2 N–H and O–H groups in total. The summed E-state index contributed by atoms with van der Waals surface area (Å²) in [5.41, 5.74) is 1.86. The van der Waals surface area contributed by atoms with Crippen molar-refractivity contribution < 1.29 is 4.79 Å². The average Bonchev–Trinajstić information content (AvgIpc) is 2.43. The Kier molecular flexibility index (Phi) is 5.38. The quantitative estimate of drug-likeness (QED) is 0.810. The van der Waals surface area contributed by atoms with E-state index in [4.69, 9.17) is 23.8 Å². The summed E-state index contributed by atoms with van der Waals surface area (Å²) in [4.78, 5) is 12.1. The van der Waals surface area contributed by atoms with Gasteiger partial charge in [-0.3, -0.25) is 4.79 Å². The molecule has 1 saturated carbocycles. The first-order chi connectivity index (χ1) is 9.56. The van der Waals surface area contributed by atoms with Gasteiger partial charge in [0.25, 0.3) is 0 Å². The lowest BCUT2D eigenvalue weighted by atomic mass is 9.89. The van der Waals surface area contributed by atoms with Crippen molar-refractivity contribution >= 4 is 40.5 Å². The third-order valence-electron chi connectivity index (χ3n) is 3.65. The number of rotatable bonds is 2. The average molecular weight is 311 g/mol. The smallest absolute Gasteiger partial charge is 0.229 e. The van der Waals surface area contributed by atoms with Gasteiger partial charge in [-0.1, -0.05) is 30.9 Å². The van der Waals surface area contributed by atoms with Gasteiger partial charge in [0.1, 0.15) is 0 Å². The number of carbonyl (C=O) groups excluding carboxylic acids is 1. The first kappa shape index (κ1) is 15.3. The molecule has 1 aromatic carbocycles. The zero-order chi connectivity index (χ0) is 14.5. The van der Waals surface area contributed by atoms with Crippen LogP contribution in [0.2, 0.25) is 5.02 Å². The summed E-state index contributed by atoms with van der Waals surface area (Å²) in [6.07, 6.45) is 5.43. The van der Waals surface area contributed by atoms with Crippen molar-refractivity contribution in [3.63, 3.8) is 0 Å². The van der Waals surface area contributed by atoms with Gasteiger partial charge < -0.3 is 10.6 Å². The number of benzene rings is 1. The molecule has 1 aromatic rings. The Morgan fingerprint density at radius 2 is 2.00 bits per heavy atom. The highest BCUT2D eigenvalue weighted by Crippen LogP contribution is 2.24. The van der Waals surface area contributed by atoms with E-state index in [9.17, 15) is 4.79 Å². The van der Waals surface area contributed by atoms with E-state index in [-0.39, 0.29) is 11.8 Å². The molecule has 1 aliphatic rings. The molecule has 20 heavy (non-hydrogen) atoms. The van der Waals surface area contributed by atoms with Crippen molar-refractivity contribution in [3.8, 4) is 0 Å². The van der Waals surface area contributed by atoms with Crippen molar-refractivity contribution in [3.05, 3.63) is 28.8 Å². The minimum absolute atomic E-state index is 0.0359. The third-order valence-corrected chi connectivity index (χ3v) is 4.09. The lowest BCUT2D eigenvalue weighted by molar-refractivity contribution is -0.124. The van der Waals surface area contributed by atoms with Crippen LogP contribution in [0.5, 0.6) is 0 Å². The summed E-state index contributed by atoms with van der Waals surface area (Å²) >= 11 is 11.1. The van der Waals surface area contributed by atoms with Gasteiger partial charge in [-0.15, -0.1) is 0 Å². The number of amides is 1. The Balaban J connectivity index is 1.90. The van der Waals surface area contributed by atoms with Gasteiger partial charge in [0.05, 0.1) is 0 Å². The molecule has 0 atom stereocenters. The fraction of sp³-hybridized carbons (Fsp3) is 0.467. The number of halogens is 1. The van der Waals surface area contributed by atoms with E-state index in [2.05, 4.69) is 10.6 Å². The summed E-state index contributed by atoms with van der Waals surface area (Å²) in [6.45, 7) is 1.94. The van der Waals surface area contributed by atoms with Crippen LogP contribution in [0.15, 0.2) is 18.2 Å². The third kappa shape index (κ3) is 4.18. The molecule has 3 nitrogen and oxygen atoms in total. The molecule has 0 aromatic heterocycles. The van der Waals surface area contributed by atoms with Crippen LogP contribution in [0.25, 0.3) is 0 Å². The van der Waals surface area contributed by atoms with E-state index >= 15 is 0 Å². The molecule has 0 spiro atoms. The monoisotopic (exact) mass is 310 g/mol. The standard InChI is InChI=1S/C15H19ClN2OS/c1-10-9-12(16)7-8-13(10)17-15(20)18-14(19)11-5-3-2-4-6-11/h7-9,11H,2-6H2,1H3,(H2,17,18,19,20). The van der Waals surface area contributed by atoms with Crippen LogP contribution in [0, 0.1) is 12.8 Å². The second kappa shape index (κ2) is 7.04. The van der Waals surface area contributed by atoms with Gasteiger partial charge in [-0.2, -0.15) is 0 Å². The molecule has 1 aliphatic carbocycles. The molecule has 1 fully saturated rings. The van der Waals surface area contributed by atoms with E-state index in [0.717, 1.165) is 36.9 Å². The first-order valence-corrected chi connectivity index (χ1v) is 7.73. The molecule has 1 amide bonds. The first-order valence-electron chi connectivity index (χ1n) is 6.94. The Morgan fingerprint density at radius 3 is 2.65 bits per heavy atom. The summed E-state index contributed by atoms with van der Waals surface area (Å²) in [7, 11) is 0. The second-order valence-corrected chi connectivity index (χ2v) is 6.08. The van der Waals surface area contributed by atoms with Gasteiger partial charge in [0.15, 0.2) is 5.11 Å². The Bertz CT molecular complexity index is 513. The molecular formula is C15H19ClN2OS. The predicted octanol–water partition coefficient (Wildman–Crippen LogP) is 4.04. The van der Waals surface area contributed by atoms with Crippen molar-refractivity contribution in [1.82, 2.24) is 5.32 Å². The van der Waals surface area contributed by atoms with Crippen molar-refractivity contribution in [2.45, 2.75) is 39.0 Å². The highest BCUT2D eigenvalue weighted by atomic mass is 35.5. The molecule has 0 bridgehead atoms. The summed E-state index contributed by atoms with van der Waals surface area (Å²) in [5.74, 6) is 0.142. The van der Waals surface area contributed by atoms with Crippen LogP contribution in [-0.2, 0) is 4.79 Å². The summed E-state index contributed by atoms with van der Waals surface area (Å²) < 4.78 is 0. The zero-order valence-electron chi connectivity index (χ0n) is 11.5. The molecule has 0 aliphatic heterocycles. The van der Waals surface area contributed by atoms with Crippen LogP contribution in [0.1, 0.15) is 37.7 Å². The van der Waals surface area contributed by atoms with Crippen molar-refractivity contribution in [2.75, 3.05) is 5.32 Å². The van der Waals surface area contributed by atoms with Gasteiger partial charge in [0.2, 0.25) is 5.91 Å². The normalized spacial score (nSPS) is 15.7. The fourth-order valence-corrected chi connectivity index (χ4v) is 2.94. The molecule has 2 rings (SSSR count). The molecule has 108 valence electrons. The van der Waals surface area contributed by atoms with Gasteiger partial charge in [0, 0.05) is 16.6 Å². The van der Waals surface area contributed by atoms with E-state index in [1.807, 2.05) is 19.1 Å². The molecule has 5 heteroatoms. The number of thiocarbonyl (C=S) groups is 1. The summed E-state index contributed by atoms with van der Waals surface area (Å²) in [6, 6.07) is 5.51. The molecule has 0 heterocycles. The Morgan fingerprint density at radius 1 is 1.30 bits per heavy atom. The zero-order valence-corrected chi connectivity index (χ0v) is 13.1. The lowest BCUT2D eigenvalue weighted by Gasteiger charge is -2.21. The van der Waals surface area contributed by atoms with E-state index < -0.39 is 0 Å². The maximum atomic E-state index is 12.1. The number of carbonyl (C=O) groups is 1. The Labute approximate surface area is 130 Å². The number of hydrogen-bond acceptors (Lipinski definition) is 2. The van der Waals surface area contributed by atoms with Gasteiger partial charge in [-0.25, -0.2) is 0 Å². The number of aryl methyl sites for hydroxylation is 1. The van der Waals surface area contributed by atoms with E-state index in [1.165, 1.54) is 6.42 Å². The maximum absolute atomic E-state index is 12.1. The van der Waals surface area contributed by atoms with Crippen molar-refractivity contribution in [2.24, 2.45) is 5.92 Å². The highest BCUT2D eigenvalue weighted by Gasteiger charge is 2.21.